The summed E-state index contributed by atoms with van der Waals surface area (Å²) in [7, 11) is 0. The predicted octanol–water partition coefficient (Wildman–Crippen LogP) is 2.29. The third kappa shape index (κ3) is 4.64. The van der Waals surface area contributed by atoms with Crippen LogP contribution in [0.3, 0.4) is 0 Å². The summed E-state index contributed by atoms with van der Waals surface area (Å²) in [5.41, 5.74) is 0. The Balaban J connectivity index is 2.06. The fourth-order valence-corrected chi connectivity index (χ4v) is 2.24. The van der Waals surface area contributed by atoms with Crippen LogP contribution in [0.25, 0.3) is 0 Å². The van der Waals surface area contributed by atoms with Gasteiger partial charge in [0.15, 0.2) is 0 Å². The van der Waals surface area contributed by atoms with E-state index in [1.807, 2.05) is 24.9 Å². The van der Waals surface area contributed by atoms with E-state index in [2.05, 4.69) is 16.6 Å². The van der Waals surface area contributed by atoms with Crippen LogP contribution < -0.4 is 5.32 Å². The smallest absolute Gasteiger partial charge is 0.0897 e. The Morgan fingerprint density at radius 1 is 1.62 bits per heavy atom. The molecular formula is C9H16N2S2. The van der Waals surface area contributed by atoms with Crippen molar-refractivity contribution < 1.29 is 0 Å². The molecule has 74 valence electrons. The lowest BCUT2D eigenvalue weighted by molar-refractivity contribution is 0.684. The average molecular weight is 216 g/mol. The topological polar surface area (TPSA) is 24.9 Å². The largest absolute Gasteiger partial charge is 0.312 e. The molecule has 1 aromatic heterocycles. The summed E-state index contributed by atoms with van der Waals surface area (Å²) in [6, 6.07) is 0. The first-order valence-electron chi connectivity index (χ1n) is 4.44. The van der Waals surface area contributed by atoms with E-state index in [0.29, 0.717) is 0 Å². The van der Waals surface area contributed by atoms with Crippen molar-refractivity contribution in [3.8, 4) is 0 Å². The molecule has 0 unspecified atom stereocenters. The van der Waals surface area contributed by atoms with Gasteiger partial charge in [-0.3, -0.25) is 0 Å². The van der Waals surface area contributed by atoms with E-state index in [0.717, 1.165) is 18.1 Å². The Bertz CT molecular complexity index is 235. The van der Waals surface area contributed by atoms with Gasteiger partial charge in [0.05, 0.1) is 5.01 Å². The first-order chi connectivity index (χ1) is 6.33. The molecule has 0 spiro atoms. The lowest BCUT2D eigenvalue weighted by Crippen LogP contribution is -2.14. The number of rotatable bonds is 6. The van der Waals surface area contributed by atoms with Crippen LogP contribution in [-0.2, 0) is 6.54 Å². The number of nitrogens with one attached hydrogen (secondary N) is 1. The van der Waals surface area contributed by atoms with Gasteiger partial charge in [-0.25, -0.2) is 4.98 Å². The van der Waals surface area contributed by atoms with Crippen LogP contribution in [0.4, 0.5) is 0 Å². The zero-order valence-corrected chi connectivity index (χ0v) is 9.80. The fraction of sp³-hybridized carbons (Fsp3) is 0.667. The van der Waals surface area contributed by atoms with E-state index in [4.69, 9.17) is 0 Å². The van der Waals surface area contributed by atoms with Crippen molar-refractivity contribution in [3.63, 3.8) is 0 Å². The Kier molecular flexibility index (Phi) is 5.43. The molecule has 13 heavy (non-hydrogen) atoms. The lowest BCUT2D eigenvalue weighted by atomic mass is 10.4. The van der Waals surface area contributed by atoms with Crippen LogP contribution in [0.2, 0.25) is 0 Å². The van der Waals surface area contributed by atoms with Crippen molar-refractivity contribution in [1.82, 2.24) is 10.3 Å². The van der Waals surface area contributed by atoms with Crippen LogP contribution >= 0.6 is 23.1 Å². The maximum absolute atomic E-state index is 4.21. The average Bonchev–Trinajstić information content (AvgIpc) is 2.51. The van der Waals surface area contributed by atoms with Gasteiger partial charge in [0.2, 0.25) is 0 Å². The number of aromatic nitrogens is 1. The van der Waals surface area contributed by atoms with Gasteiger partial charge in [0, 0.05) is 17.6 Å². The molecule has 1 N–H and O–H groups in total. The Morgan fingerprint density at radius 3 is 3.08 bits per heavy atom. The summed E-state index contributed by atoms with van der Waals surface area (Å²) in [5.74, 6) is 1.24. The molecule has 0 aliphatic carbocycles. The van der Waals surface area contributed by atoms with E-state index >= 15 is 0 Å². The minimum Gasteiger partial charge on any atom is -0.312 e. The summed E-state index contributed by atoms with van der Waals surface area (Å²) in [5, 5.41) is 4.56. The fourth-order valence-electron chi connectivity index (χ4n) is 1.04. The summed E-state index contributed by atoms with van der Waals surface area (Å²) in [4.78, 5) is 5.54. The first-order valence-corrected chi connectivity index (χ1v) is 6.65. The lowest BCUT2D eigenvalue weighted by Gasteiger charge is -2.00. The summed E-state index contributed by atoms with van der Waals surface area (Å²) in [6.45, 7) is 4.12. The molecule has 0 fully saturated rings. The molecule has 0 saturated carbocycles. The third-order valence-electron chi connectivity index (χ3n) is 1.67. The van der Waals surface area contributed by atoms with Crippen molar-refractivity contribution in [3.05, 3.63) is 16.1 Å². The van der Waals surface area contributed by atoms with E-state index in [1.54, 1.807) is 11.3 Å². The molecule has 0 radical (unpaired) electrons. The monoisotopic (exact) mass is 216 g/mol. The van der Waals surface area contributed by atoms with Gasteiger partial charge in [0.25, 0.3) is 0 Å². The van der Waals surface area contributed by atoms with Gasteiger partial charge in [-0.2, -0.15) is 11.8 Å². The number of hydrogen-bond donors (Lipinski definition) is 1. The molecular weight excluding hydrogens is 200 g/mol. The number of thiazole rings is 1. The quantitative estimate of drug-likeness (QED) is 0.739. The maximum Gasteiger partial charge on any atom is 0.0897 e. The van der Waals surface area contributed by atoms with Crippen molar-refractivity contribution in [1.29, 1.82) is 0 Å². The highest BCUT2D eigenvalue weighted by atomic mass is 32.2. The van der Waals surface area contributed by atoms with Crippen LogP contribution in [0.5, 0.6) is 0 Å². The van der Waals surface area contributed by atoms with Crippen molar-refractivity contribution in [2.75, 3.05) is 18.6 Å². The standard InChI is InChI=1S/C9H16N2S2/c1-8-11-7-9(13-8)6-10-4-3-5-12-2/h7,10H,3-6H2,1-2H3. The van der Waals surface area contributed by atoms with E-state index in [9.17, 15) is 0 Å². The highest BCUT2D eigenvalue weighted by Gasteiger charge is 1.96. The Morgan fingerprint density at radius 2 is 2.46 bits per heavy atom. The zero-order chi connectivity index (χ0) is 9.52. The van der Waals surface area contributed by atoms with Gasteiger partial charge in [-0.15, -0.1) is 11.3 Å². The van der Waals surface area contributed by atoms with Crippen LogP contribution in [0.15, 0.2) is 6.20 Å². The molecule has 1 aromatic rings. The minimum absolute atomic E-state index is 0.972. The van der Waals surface area contributed by atoms with Gasteiger partial charge in [-0.05, 0) is 31.9 Å². The molecule has 1 rings (SSSR count). The second-order valence-electron chi connectivity index (χ2n) is 2.87. The van der Waals surface area contributed by atoms with Crippen molar-refractivity contribution >= 4 is 23.1 Å². The summed E-state index contributed by atoms with van der Waals surface area (Å²) in [6.07, 6.45) is 5.35. The van der Waals surface area contributed by atoms with Crippen LogP contribution in [-0.4, -0.2) is 23.5 Å². The van der Waals surface area contributed by atoms with Gasteiger partial charge in [0.1, 0.15) is 0 Å². The predicted molar refractivity (Wildman–Crippen MR) is 61.6 cm³/mol. The number of aryl methyl sites for hydroxylation is 1. The maximum atomic E-state index is 4.21. The minimum atomic E-state index is 0.972. The number of nitrogens with zero attached hydrogens (tertiary/aromatic N) is 1. The van der Waals surface area contributed by atoms with E-state index in [-0.39, 0.29) is 0 Å². The SMILES string of the molecule is CSCCCNCc1cnc(C)s1. The molecule has 0 aromatic carbocycles. The number of hydrogen-bond acceptors (Lipinski definition) is 4. The van der Waals surface area contributed by atoms with Crippen LogP contribution in [0.1, 0.15) is 16.3 Å². The molecule has 1 heterocycles. The highest BCUT2D eigenvalue weighted by molar-refractivity contribution is 7.98. The number of thioether (sulfide) groups is 1. The molecule has 0 amide bonds. The summed E-state index contributed by atoms with van der Waals surface area (Å²) >= 11 is 3.67. The van der Waals surface area contributed by atoms with Gasteiger partial charge < -0.3 is 5.32 Å². The molecule has 0 aliphatic heterocycles. The molecule has 2 nitrogen and oxygen atoms in total. The molecule has 0 atom stereocenters. The van der Waals surface area contributed by atoms with E-state index in [1.165, 1.54) is 17.1 Å². The van der Waals surface area contributed by atoms with Gasteiger partial charge >= 0.3 is 0 Å². The summed E-state index contributed by atoms with van der Waals surface area (Å²) < 4.78 is 0. The molecule has 0 aliphatic rings. The Hall–Kier alpha value is -0.0600. The van der Waals surface area contributed by atoms with E-state index < -0.39 is 0 Å². The van der Waals surface area contributed by atoms with Crippen molar-refractivity contribution in [2.45, 2.75) is 19.9 Å². The molecule has 0 bridgehead atoms. The second kappa shape index (κ2) is 6.40. The zero-order valence-electron chi connectivity index (χ0n) is 8.17. The molecule has 0 saturated heterocycles. The van der Waals surface area contributed by atoms with Crippen LogP contribution in [0, 0.1) is 6.92 Å². The molecule has 4 heteroatoms. The third-order valence-corrected chi connectivity index (χ3v) is 3.28. The first kappa shape index (κ1) is 11.0. The Labute approximate surface area is 88.2 Å². The highest BCUT2D eigenvalue weighted by Crippen LogP contribution is 2.10. The second-order valence-corrected chi connectivity index (χ2v) is 5.17. The van der Waals surface area contributed by atoms with Gasteiger partial charge in [-0.1, -0.05) is 0 Å². The van der Waals surface area contributed by atoms with Crippen molar-refractivity contribution in [2.24, 2.45) is 0 Å². The normalized spacial score (nSPS) is 10.6.